The molecule has 2 aliphatic rings. The minimum Gasteiger partial charge on any atom is -0.365 e. The average molecular weight is 323 g/mol. The van der Waals surface area contributed by atoms with Gasteiger partial charge in [-0.3, -0.25) is 4.79 Å². The van der Waals surface area contributed by atoms with Crippen molar-refractivity contribution < 1.29 is 14.3 Å². The maximum absolute atomic E-state index is 12.3. The van der Waals surface area contributed by atoms with Gasteiger partial charge in [-0.1, -0.05) is 25.3 Å². The van der Waals surface area contributed by atoms with Crippen LogP contribution in [0.3, 0.4) is 0 Å². The number of carbonyl (C=O) groups is 2. The number of urea groups is 1. The quantitative estimate of drug-likeness (QED) is 0.784. The molecule has 1 aliphatic carbocycles. The van der Waals surface area contributed by atoms with Crippen molar-refractivity contribution in [2.75, 3.05) is 32.8 Å². The molecule has 1 heterocycles. The molecule has 0 radical (unpaired) electrons. The van der Waals surface area contributed by atoms with Crippen LogP contribution in [0.1, 0.15) is 39.0 Å². The molecule has 0 bridgehead atoms. The van der Waals surface area contributed by atoms with Gasteiger partial charge in [0.25, 0.3) is 5.91 Å². The second-order valence-corrected chi connectivity index (χ2v) is 6.36. The second kappa shape index (κ2) is 8.91. The minimum absolute atomic E-state index is 0.0138. The van der Waals surface area contributed by atoms with E-state index in [-0.39, 0.29) is 11.9 Å². The molecule has 3 amide bonds. The number of hydrogen-bond donors (Lipinski definition) is 1. The van der Waals surface area contributed by atoms with Crippen LogP contribution < -0.4 is 5.32 Å². The molecule has 1 N–H and O–H groups in total. The topological polar surface area (TPSA) is 61.9 Å². The first-order valence-corrected chi connectivity index (χ1v) is 8.68. The van der Waals surface area contributed by atoms with E-state index in [1.54, 1.807) is 17.9 Å². The summed E-state index contributed by atoms with van der Waals surface area (Å²) < 4.78 is 5.38. The van der Waals surface area contributed by atoms with Gasteiger partial charge in [0.15, 0.2) is 0 Å². The second-order valence-electron chi connectivity index (χ2n) is 6.36. The smallest absolute Gasteiger partial charge is 0.317 e. The highest BCUT2D eigenvalue weighted by Gasteiger charge is 2.28. The van der Waals surface area contributed by atoms with Crippen molar-refractivity contribution in [3.8, 4) is 0 Å². The molecule has 1 unspecified atom stereocenters. The molecule has 2 fully saturated rings. The summed E-state index contributed by atoms with van der Waals surface area (Å²) in [5.74, 6) is -0.0146. The summed E-state index contributed by atoms with van der Waals surface area (Å²) in [5.41, 5.74) is 0. The summed E-state index contributed by atoms with van der Waals surface area (Å²) in [4.78, 5) is 28.1. The molecule has 6 heteroatoms. The maximum atomic E-state index is 12.3. The van der Waals surface area contributed by atoms with Gasteiger partial charge in [-0.15, -0.1) is 6.58 Å². The number of nitrogens with zero attached hydrogens (tertiary/aromatic N) is 2. The van der Waals surface area contributed by atoms with Gasteiger partial charge in [0.1, 0.15) is 6.10 Å². The van der Waals surface area contributed by atoms with E-state index in [4.69, 9.17) is 4.74 Å². The third kappa shape index (κ3) is 5.23. The minimum atomic E-state index is -0.462. The lowest BCUT2D eigenvalue weighted by Gasteiger charge is -2.36. The molecular weight excluding hydrogens is 294 g/mol. The van der Waals surface area contributed by atoms with Crippen LogP contribution in [0.5, 0.6) is 0 Å². The zero-order valence-corrected chi connectivity index (χ0v) is 14.1. The van der Waals surface area contributed by atoms with E-state index in [0.29, 0.717) is 38.8 Å². The van der Waals surface area contributed by atoms with Crippen molar-refractivity contribution in [2.45, 2.75) is 51.2 Å². The number of nitrogens with one attached hydrogen (secondary N) is 1. The van der Waals surface area contributed by atoms with Gasteiger partial charge in [-0.25, -0.2) is 4.79 Å². The molecule has 1 aliphatic heterocycles. The zero-order valence-electron chi connectivity index (χ0n) is 14.1. The van der Waals surface area contributed by atoms with Crippen LogP contribution >= 0.6 is 0 Å². The Morgan fingerprint density at radius 2 is 1.78 bits per heavy atom. The molecular formula is C17H29N3O3. The van der Waals surface area contributed by atoms with Crippen molar-refractivity contribution in [3.05, 3.63) is 12.7 Å². The van der Waals surface area contributed by atoms with Gasteiger partial charge in [-0.2, -0.15) is 0 Å². The molecule has 0 aromatic rings. The number of rotatable bonds is 5. The number of hydrogen-bond acceptors (Lipinski definition) is 3. The summed E-state index contributed by atoms with van der Waals surface area (Å²) in [7, 11) is 0. The van der Waals surface area contributed by atoms with Crippen LogP contribution in [-0.4, -0.2) is 66.7 Å². The third-order valence-electron chi connectivity index (χ3n) is 4.62. The summed E-state index contributed by atoms with van der Waals surface area (Å²) in [5, 5.41) is 3.13. The fraction of sp³-hybridized carbons (Fsp3) is 0.765. The van der Waals surface area contributed by atoms with Gasteiger partial charge in [0.05, 0.1) is 6.61 Å². The fourth-order valence-corrected chi connectivity index (χ4v) is 3.18. The number of piperazine rings is 1. The van der Waals surface area contributed by atoms with Crippen LogP contribution in [0.25, 0.3) is 0 Å². The first kappa shape index (κ1) is 17.8. The molecule has 0 spiro atoms. The maximum Gasteiger partial charge on any atom is 0.317 e. The van der Waals surface area contributed by atoms with Crippen molar-refractivity contribution >= 4 is 11.9 Å². The highest BCUT2D eigenvalue weighted by molar-refractivity contribution is 5.81. The SMILES string of the molecule is C=CCOC(C)C(=O)N1CCN(C(=O)NC2CCCCC2)CC1. The monoisotopic (exact) mass is 323 g/mol. The third-order valence-corrected chi connectivity index (χ3v) is 4.62. The molecule has 1 saturated carbocycles. The van der Waals surface area contributed by atoms with Gasteiger partial charge < -0.3 is 19.9 Å². The van der Waals surface area contributed by atoms with Crippen molar-refractivity contribution in [3.63, 3.8) is 0 Å². The van der Waals surface area contributed by atoms with Crippen LogP contribution in [-0.2, 0) is 9.53 Å². The van der Waals surface area contributed by atoms with Crippen molar-refractivity contribution in [1.29, 1.82) is 0 Å². The number of carbonyl (C=O) groups excluding carboxylic acids is 2. The fourth-order valence-electron chi connectivity index (χ4n) is 3.18. The van der Waals surface area contributed by atoms with Crippen molar-refractivity contribution in [1.82, 2.24) is 15.1 Å². The van der Waals surface area contributed by atoms with Crippen LogP contribution in [0, 0.1) is 0 Å². The standard InChI is InChI=1S/C17H29N3O3/c1-3-13-23-14(2)16(21)19-9-11-20(12-10-19)17(22)18-15-7-5-4-6-8-15/h3,14-15H,1,4-13H2,2H3,(H,18,22). The van der Waals surface area contributed by atoms with Gasteiger partial charge in [-0.05, 0) is 19.8 Å². The summed E-state index contributed by atoms with van der Waals surface area (Å²) >= 11 is 0. The van der Waals surface area contributed by atoms with Crippen LogP contribution in [0.15, 0.2) is 12.7 Å². The molecule has 0 aromatic heterocycles. The Morgan fingerprint density at radius 3 is 2.39 bits per heavy atom. The Kier molecular flexibility index (Phi) is 6.89. The van der Waals surface area contributed by atoms with E-state index >= 15 is 0 Å². The number of ether oxygens (including phenoxy) is 1. The molecule has 2 rings (SSSR count). The van der Waals surface area contributed by atoms with E-state index in [9.17, 15) is 9.59 Å². The lowest BCUT2D eigenvalue weighted by atomic mass is 9.96. The lowest BCUT2D eigenvalue weighted by molar-refractivity contribution is -0.143. The molecule has 0 aromatic carbocycles. The molecule has 23 heavy (non-hydrogen) atoms. The predicted molar refractivity (Wildman–Crippen MR) is 89.2 cm³/mol. The highest BCUT2D eigenvalue weighted by atomic mass is 16.5. The van der Waals surface area contributed by atoms with Gasteiger partial charge in [0.2, 0.25) is 0 Å². The van der Waals surface area contributed by atoms with E-state index in [1.165, 1.54) is 19.3 Å². The molecule has 1 saturated heterocycles. The van der Waals surface area contributed by atoms with E-state index in [1.807, 2.05) is 4.90 Å². The Bertz CT molecular complexity index is 413. The molecule has 130 valence electrons. The van der Waals surface area contributed by atoms with Gasteiger partial charge >= 0.3 is 6.03 Å². The lowest BCUT2D eigenvalue weighted by Crippen LogP contribution is -2.56. The summed E-state index contributed by atoms with van der Waals surface area (Å²) in [6, 6.07) is 0.336. The Labute approximate surface area is 138 Å². The Morgan fingerprint density at radius 1 is 1.17 bits per heavy atom. The Balaban J connectivity index is 1.73. The van der Waals surface area contributed by atoms with Gasteiger partial charge in [0, 0.05) is 32.2 Å². The predicted octanol–water partition coefficient (Wildman–Crippen LogP) is 1.76. The van der Waals surface area contributed by atoms with E-state index in [2.05, 4.69) is 11.9 Å². The highest BCUT2D eigenvalue weighted by Crippen LogP contribution is 2.17. The summed E-state index contributed by atoms with van der Waals surface area (Å²) in [6.45, 7) is 8.01. The Hall–Kier alpha value is -1.56. The first-order chi connectivity index (χ1) is 11.1. The van der Waals surface area contributed by atoms with Crippen LogP contribution in [0.2, 0.25) is 0 Å². The van der Waals surface area contributed by atoms with E-state index in [0.717, 1.165) is 12.8 Å². The normalized spacial score (nSPS) is 20.9. The van der Waals surface area contributed by atoms with Crippen LogP contribution in [0.4, 0.5) is 4.79 Å². The van der Waals surface area contributed by atoms with Crippen molar-refractivity contribution in [2.24, 2.45) is 0 Å². The molecule has 1 atom stereocenters. The largest absolute Gasteiger partial charge is 0.365 e. The average Bonchev–Trinajstić information content (AvgIpc) is 2.60. The first-order valence-electron chi connectivity index (χ1n) is 8.68. The summed E-state index contributed by atoms with van der Waals surface area (Å²) in [6.07, 6.45) is 7.03. The number of amides is 3. The van der Waals surface area contributed by atoms with E-state index < -0.39 is 6.10 Å². The zero-order chi connectivity index (χ0) is 16.7. The molecule has 6 nitrogen and oxygen atoms in total.